The smallest absolute Gasteiger partial charge is 0.255 e. The average Bonchev–Trinajstić information content (AvgIpc) is 2.60. The maximum absolute atomic E-state index is 13.0. The summed E-state index contributed by atoms with van der Waals surface area (Å²) >= 11 is 0. The van der Waals surface area contributed by atoms with Crippen molar-refractivity contribution in [1.29, 1.82) is 0 Å². The van der Waals surface area contributed by atoms with Gasteiger partial charge in [0.1, 0.15) is 6.04 Å². The Morgan fingerprint density at radius 3 is 2.39 bits per heavy atom. The van der Waals surface area contributed by atoms with Crippen LogP contribution >= 0.6 is 0 Å². The van der Waals surface area contributed by atoms with Gasteiger partial charge in [-0.1, -0.05) is 48.5 Å². The van der Waals surface area contributed by atoms with Gasteiger partial charge in [-0.15, -0.1) is 0 Å². The number of amides is 2. The Kier molecular flexibility index (Phi) is 4.15. The zero-order valence-corrected chi connectivity index (χ0v) is 13.4. The van der Waals surface area contributed by atoms with E-state index in [-0.39, 0.29) is 11.8 Å². The molecule has 4 heteroatoms. The van der Waals surface area contributed by atoms with Crippen molar-refractivity contribution in [3.63, 3.8) is 0 Å². The second kappa shape index (κ2) is 6.24. The van der Waals surface area contributed by atoms with Crippen molar-refractivity contribution in [3.8, 4) is 11.1 Å². The van der Waals surface area contributed by atoms with Crippen LogP contribution in [0, 0.1) is 0 Å². The summed E-state index contributed by atoms with van der Waals surface area (Å²) in [5.41, 5.74) is 2.55. The van der Waals surface area contributed by atoms with Gasteiger partial charge in [0.15, 0.2) is 0 Å². The third kappa shape index (κ3) is 2.84. The van der Waals surface area contributed by atoms with Gasteiger partial charge < -0.3 is 9.80 Å². The number of benzene rings is 2. The quantitative estimate of drug-likeness (QED) is 0.856. The molecule has 23 heavy (non-hydrogen) atoms. The molecule has 3 rings (SSSR count). The molecule has 2 amide bonds. The Morgan fingerprint density at radius 2 is 1.65 bits per heavy atom. The molecular formula is C19H20N2O2. The normalized spacial score (nSPS) is 18.2. The lowest BCUT2D eigenvalue weighted by Crippen LogP contribution is -2.56. The van der Waals surface area contributed by atoms with Crippen molar-refractivity contribution in [3.05, 3.63) is 60.2 Å². The molecule has 0 radical (unpaired) electrons. The fraction of sp³-hybridized carbons (Fsp3) is 0.263. The largest absolute Gasteiger partial charge is 0.342 e. The minimum Gasteiger partial charge on any atom is -0.342 e. The Hall–Kier alpha value is -2.62. The van der Waals surface area contributed by atoms with Crippen LogP contribution in [0.1, 0.15) is 17.3 Å². The van der Waals surface area contributed by atoms with Crippen LogP contribution in [0.25, 0.3) is 11.1 Å². The third-order valence-corrected chi connectivity index (χ3v) is 4.38. The summed E-state index contributed by atoms with van der Waals surface area (Å²) in [6.07, 6.45) is 0. The minimum absolute atomic E-state index is 0.0122. The Balaban J connectivity index is 1.96. The molecule has 1 saturated heterocycles. The zero-order chi connectivity index (χ0) is 16.4. The first-order valence-corrected chi connectivity index (χ1v) is 7.80. The fourth-order valence-electron chi connectivity index (χ4n) is 2.99. The predicted octanol–water partition coefficient (Wildman–Crippen LogP) is 2.66. The van der Waals surface area contributed by atoms with Crippen molar-refractivity contribution in [2.45, 2.75) is 13.0 Å². The Labute approximate surface area is 136 Å². The summed E-state index contributed by atoms with van der Waals surface area (Å²) in [5.74, 6) is -0.0970. The van der Waals surface area contributed by atoms with E-state index >= 15 is 0 Å². The van der Waals surface area contributed by atoms with E-state index in [2.05, 4.69) is 0 Å². The van der Waals surface area contributed by atoms with Crippen LogP contribution in [-0.4, -0.2) is 47.8 Å². The molecule has 4 nitrogen and oxygen atoms in total. The standard InChI is InChI=1S/C19H20N2O2/c1-14-18(22)20(2)12-13-21(14)19(23)17-11-7-6-10-16(17)15-8-4-3-5-9-15/h3-11,14H,12-13H2,1-2H3. The minimum atomic E-state index is -0.426. The van der Waals surface area contributed by atoms with Gasteiger partial charge in [-0.3, -0.25) is 9.59 Å². The van der Waals surface area contributed by atoms with Crippen molar-refractivity contribution in [2.75, 3.05) is 20.1 Å². The molecule has 1 aliphatic heterocycles. The summed E-state index contributed by atoms with van der Waals surface area (Å²) in [6.45, 7) is 2.93. The number of carbonyl (C=O) groups excluding carboxylic acids is 2. The van der Waals surface area contributed by atoms with Crippen LogP contribution in [-0.2, 0) is 4.79 Å². The molecule has 1 heterocycles. The molecular weight excluding hydrogens is 288 g/mol. The van der Waals surface area contributed by atoms with Crippen LogP contribution < -0.4 is 0 Å². The van der Waals surface area contributed by atoms with Gasteiger partial charge in [-0.25, -0.2) is 0 Å². The molecule has 1 atom stereocenters. The van der Waals surface area contributed by atoms with Crippen LogP contribution in [0.5, 0.6) is 0 Å². The second-order valence-electron chi connectivity index (χ2n) is 5.85. The van der Waals surface area contributed by atoms with E-state index in [0.29, 0.717) is 18.7 Å². The van der Waals surface area contributed by atoms with Crippen LogP contribution in [0.15, 0.2) is 54.6 Å². The number of hydrogen-bond acceptors (Lipinski definition) is 2. The third-order valence-electron chi connectivity index (χ3n) is 4.38. The van der Waals surface area contributed by atoms with Gasteiger partial charge in [0, 0.05) is 25.7 Å². The van der Waals surface area contributed by atoms with Gasteiger partial charge in [-0.05, 0) is 24.1 Å². The number of piperazine rings is 1. The van der Waals surface area contributed by atoms with Gasteiger partial charge in [0.25, 0.3) is 5.91 Å². The highest BCUT2D eigenvalue weighted by atomic mass is 16.2. The van der Waals surface area contributed by atoms with Crippen LogP contribution in [0.2, 0.25) is 0 Å². The SMILES string of the molecule is CC1C(=O)N(C)CCN1C(=O)c1ccccc1-c1ccccc1. The van der Waals surface area contributed by atoms with E-state index in [0.717, 1.165) is 11.1 Å². The Bertz CT molecular complexity index is 727. The number of rotatable bonds is 2. The molecule has 1 unspecified atom stereocenters. The van der Waals surface area contributed by atoms with Crippen LogP contribution in [0.4, 0.5) is 0 Å². The molecule has 0 aliphatic carbocycles. The van der Waals surface area contributed by atoms with E-state index < -0.39 is 6.04 Å². The zero-order valence-electron chi connectivity index (χ0n) is 13.4. The molecule has 0 N–H and O–H groups in total. The lowest BCUT2D eigenvalue weighted by Gasteiger charge is -2.37. The van der Waals surface area contributed by atoms with Gasteiger partial charge >= 0.3 is 0 Å². The van der Waals surface area contributed by atoms with E-state index in [1.807, 2.05) is 54.6 Å². The molecule has 2 aromatic carbocycles. The van der Waals surface area contributed by atoms with Gasteiger partial charge in [0.2, 0.25) is 5.91 Å². The maximum atomic E-state index is 13.0. The number of carbonyl (C=O) groups is 2. The first kappa shape index (κ1) is 15.3. The molecule has 0 bridgehead atoms. The van der Waals surface area contributed by atoms with Gasteiger partial charge in [0.05, 0.1) is 0 Å². The molecule has 1 fully saturated rings. The van der Waals surface area contributed by atoms with Crippen molar-refractivity contribution < 1.29 is 9.59 Å². The lowest BCUT2D eigenvalue weighted by molar-refractivity contribution is -0.137. The first-order valence-electron chi connectivity index (χ1n) is 7.80. The van der Waals surface area contributed by atoms with E-state index in [1.165, 1.54) is 0 Å². The summed E-state index contributed by atoms with van der Waals surface area (Å²) in [5, 5.41) is 0. The fourth-order valence-corrected chi connectivity index (χ4v) is 2.99. The summed E-state index contributed by atoms with van der Waals surface area (Å²) < 4.78 is 0. The monoisotopic (exact) mass is 308 g/mol. The number of hydrogen-bond donors (Lipinski definition) is 0. The highest BCUT2D eigenvalue weighted by molar-refractivity contribution is 6.03. The Morgan fingerprint density at radius 1 is 1.00 bits per heavy atom. The highest BCUT2D eigenvalue weighted by Crippen LogP contribution is 2.25. The average molecular weight is 308 g/mol. The molecule has 2 aromatic rings. The summed E-state index contributed by atoms with van der Waals surface area (Å²) in [7, 11) is 1.78. The molecule has 118 valence electrons. The summed E-state index contributed by atoms with van der Waals surface area (Å²) in [6, 6.07) is 17.0. The number of likely N-dealkylation sites (N-methyl/N-ethyl adjacent to an activating group) is 1. The first-order chi connectivity index (χ1) is 11.1. The van der Waals surface area contributed by atoms with Crippen LogP contribution in [0.3, 0.4) is 0 Å². The van der Waals surface area contributed by atoms with Gasteiger partial charge in [-0.2, -0.15) is 0 Å². The highest BCUT2D eigenvalue weighted by Gasteiger charge is 2.33. The maximum Gasteiger partial charge on any atom is 0.255 e. The predicted molar refractivity (Wildman–Crippen MR) is 90.0 cm³/mol. The second-order valence-corrected chi connectivity index (χ2v) is 5.85. The molecule has 0 aromatic heterocycles. The molecule has 0 saturated carbocycles. The van der Waals surface area contributed by atoms with Crippen molar-refractivity contribution >= 4 is 11.8 Å². The van der Waals surface area contributed by atoms with E-state index in [1.54, 1.807) is 23.8 Å². The van der Waals surface area contributed by atoms with Crippen molar-refractivity contribution in [2.24, 2.45) is 0 Å². The summed E-state index contributed by atoms with van der Waals surface area (Å²) in [4.78, 5) is 28.5. The lowest BCUT2D eigenvalue weighted by atomic mass is 9.98. The van der Waals surface area contributed by atoms with Crippen molar-refractivity contribution in [1.82, 2.24) is 9.80 Å². The topological polar surface area (TPSA) is 40.6 Å². The van der Waals surface area contributed by atoms with E-state index in [4.69, 9.17) is 0 Å². The molecule has 1 aliphatic rings. The number of nitrogens with zero attached hydrogens (tertiary/aromatic N) is 2. The molecule has 0 spiro atoms. The van der Waals surface area contributed by atoms with E-state index in [9.17, 15) is 9.59 Å².